The Bertz CT molecular complexity index is 845. The first-order chi connectivity index (χ1) is 13.2. The van der Waals surface area contributed by atoms with Crippen molar-refractivity contribution in [1.82, 2.24) is 10.3 Å². The van der Waals surface area contributed by atoms with Crippen molar-refractivity contribution in [3.8, 4) is 0 Å². The molecule has 1 aromatic carbocycles. The largest absolute Gasteiger partial charge is 0.498 e. The van der Waals surface area contributed by atoms with Gasteiger partial charge in [0.2, 0.25) is 0 Å². The quantitative estimate of drug-likeness (QED) is 0.475. The fourth-order valence-electron chi connectivity index (χ4n) is 3.81. The molecule has 2 aliphatic heterocycles. The first kappa shape index (κ1) is 20.2. The number of amidine groups is 1. The van der Waals surface area contributed by atoms with Gasteiger partial charge in [-0.25, -0.2) is 13.2 Å². The maximum absolute atomic E-state index is 14.3. The summed E-state index contributed by atoms with van der Waals surface area (Å²) in [6.45, 7) is 10.3. The number of ether oxygens (including phenoxy) is 1. The highest BCUT2D eigenvalue weighted by Gasteiger charge is 2.40. The molecule has 0 aromatic heterocycles. The zero-order chi connectivity index (χ0) is 20.6. The number of nitrogens with one attached hydrogen (secondary N) is 1. The topological polar surface area (TPSA) is 49.2 Å². The molecule has 1 fully saturated rings. The van der Waals surface area contributed by atoms with E-state index in [9.17, 15) is 13.2 Å². The van der Waals surface area contributed by atoms with E-state index in [1.807, 2.05) is 0 Å². The Morgan fingerprint density at radius 2 is 1.89 bits per heavy atom. The van der Waals surface area contributed by atoms with Gasteiger partial charge in [-0.3, -0.25) is 10.4 Å². The Morgan fingerprint density at radius 3 is 2.50 bits per heavy atom. The molecule has 152 valence electrons. The summed E-state index contributed by atoms with van der Waals surface area (Å²) in [5.74, 6) is -2.10. The number of hydrazone groups is 1. The van der Waals surface area contributed by atoms with Crippen LogP contribution in [0, 0.1) is 28.8 Å². The van der Waals surface area contributed by atoms with Gasteiger partial charge in [0.1, 0.15) is 29.3 Å². The molecule has 2 heterocycles. The van der Waals surface area contributed by atoms with Crippen LogP contribution in [-0.4, -0.2) is 37.3 Å². The minimum absolute atomic E-state index is 0.0868. The first-order valence-corrected chi connectivity index (χ1v) is 9.17. The molecule has 0 saturated carbocycles. The third-order valence-electron chi connectivity index (χ3n) is 5.09. The standard InChI is InChI=1S/C20H25F3N4O/c1-20(2,3)19-26-25-16-7-6-11(10-27(16)19)18(28-5)17(24-4)12-8-14(22)15(23)9-13(12)21/h8-9,11,16,25H,4,6-7,10H2,1-3,5H3/b18-17-. The average Bonchev–Trinajstić information content (AvgIpc) is 3.06. The molecule has 0 aliphatic carbocycles. The summed E-state index contributed by atoms with van der Waals surface area (Å²) >= 11 is 0. The molecular formula is C20H25F3N4O. The number of benzene rings is 1. The van der Waals surface area contributed by atoms with E-state index >= 15 is 0 Å². The second kappa shape index (κ2) is 7.48. The van der Waals surface area contributed by atoms with Crippen molar-refractivity contribution in [3.63, 3.8) is 0 Å². The highest BCUT2D eigenvalue weighted by molar-refractivity contribution is 5.88. The molecule has 2 atom stereocenters. The Kier molecular flexibility index (Phi) is 5.41. The van der Waals surface area contributed by atoms with E-state index in [2.05, 4.69) is 47.9 Å². The third kappa shape index (κ3) is 3.59. The second-order valence-electron chi connectivity index (χ2n) is 8.08. The van der Waals surface area contributed by atoms with E-state index in [0.29, 0.717) is 18.4 Å². The van der Waals surface area contributed by atoms with Gasteiger partial charge in [-0.05, 0) is 25.6 Å². The van der Waals surface area contributed by atoms with Crippen molar-refractivity contribution in [3.05, 3.63) is 40.9 Å². The molecule has 1 N–H and O–H groups in total. The SMILES string of the molecule is C=N/C(=C(\OC)C1CCC2NN=C(C(C)(C)C)N2C1)c1cc(F)c(F)cc1F. The lowest BCUT2D eigenvalue weighted by Crippen LogP contribution is -2.50. The summed E-state index contributed by atoms with van der Waals surface area (Å²) in [7, 11) is 1.46. The minimum atomic E-state index is -1.25. The molecule has 0 amide bonds. The maximum Gasteiger partial charge on any atom is 0.161 e. The van der Waals surface area contributed by atoms with Crippen LogP contribution in [-0.2, 0) is 4.74 Å². The van der Waals surface area contributed by atoms with Gasteiger partial charge in [0.25, 0.3) is 0 Å². The van der Waals surface area contributed by atoms with Crippen molar-refractivity contribution in [1.29, 1.82) is 0 Å². The Hall–Kier alpha value is -2.51. The number of fused-ring (bicyclic) bond motifs is 1. The van der Waals surface area contributed by atoms with Crippen LogP contribution in [0.4, 0.5) is 13.2 Å². The molecule has 0 bridgehead atoms. The highest BCUT2D eigenvalue weighted by Crippen LogP contribution is 2.37. The molecule has 0 spiro atoms. The van der Waals surface area contributed by atoms with E-state index in [0.717, 1.165) is 24.7 Å². The summed E-state index contributed by atoms with van der Waals surface area (Å²) < 4.78 is 47.0. The predicted octanol–water partition coefficient (Wildman–Crippen LogP) is 4.12. The lowest BCUT2D eigenvalue weighted by atomic mass is 9.88. The minimum Gasteiger partial charge on any atom is -0.498 e. The van der Waals surface area contributed by atoms with Gasteiger partial charge in [0.05, 0.1) is 7.11 Å². The van der Waals surface area contributed by atoms with Crippen molar-refractivity contribution < 1.29 is 17.9 Å². The number of hydrogen-bond acceptors (Lipinski definition) is 5. The van der Waals surface area contributed by atoms with Crippen LogP contribution in [0.5, 0.6) is 0 Å². The smallest absolute Gasteiger partial charge is 0.161 e. The van der Waals surface area contributed by atoms with E-state index in [1.54, 1.807) is 0 Å². The summed E-state index contributed by atoms with van der Waals surface area (Å²) in [4.78, 5) is 6.08. The van der Waals surface area contributed by atoms with Gasteiger partial charge in [-0.1, -0.05) is 20.8 Å². The van der Waals surface area contributed by atoms with Crippen molar-refractivity contribution in [2.24, 2.45) is 21.4 Å². The molecule has 1 saturated heterocycles. The molecule has 28 heavy (non-hydrogen) atoms. The van der Waals surface area contributed by atoms with Crippen LogP contribution in [0.15, 0.2) is 28.0 Å². The fraction of sp³-hybridized carbons (Fsp3) is 0.500. The van der Waals surface area contributed by atoms with Gasteiger partial charge in [-0.15, -0.1) is 0 Å². The molecule has 2 aliphatic rings. The molecular weight excluding hydrogens is 369 g/mol. The van der Waals surface area contributed by atoms with Crippen molar-refractivity contribution >= 4 is 18.3 Å². The highest BCUT2D eigenvalue weighted by atomic mass is 19.2. The van der Waals surface area contributed by atoms with E-state index < -0.39 is 17.5 Å². The fourth-order valence-corrected chi connectivity index (χ4v) is 3.81. The van der Waals surface area contributed by atoms with Crippen LogP contribution >= 0.6 is 0 Å². The monoisotopic (exact) mass is 394 g/mol. The third-order valence-corrected chi connectivity index (χ3v) is 5.09. The Labute approximate surface area is 163 Å². The number of piperidine rings is 1. The second-order valence-corrected chi connectivity index (χ2v) is 8.08. The molecule has 3 rings (SSSR count). The van der Waals surface area contributed by atoms with Crippen LogP contribution in [0.3, 0.4) is 0 Å². The number of aliphatic imine (C=N–C) groups is 1. The lowest BCUT2D eigenvalue weighted by Gasteiger charge is -2.39. The molecule has 8 heteroatoms. The van der Waals surface area contributed by atoms with Crippen LogP contribution in [0.25, 0.3) is 5.70 Å². The van der Waals surface area contributed by atoms with Gasteiger partial charge in [0.15, 0.2) is 11.6 Å². The van der Waals surface area contributed by atoms with Gasteiger partial charge in [-0.2, -0.15) is 5.10 Å². The van der Waals surface area contributed by atoms with E-state index in [4.69, 9.17) is 4.74 Å². The summed E-state index contributed by atoms with van der Waals surface area (Å²) in [5, 5.41) is 4.48. The number of halogens is 3. The summed E-state index contributed by atoms with van der Waals surface area (Å²) in [5.41, 5.74) is 2.93. The predicted molar refractivity (Wildman–Crippen MR) is 103 cm³/mol. The maximum atomic E-state index is 14.3. The average molecular weight is 394 g/mol. The number of nitrogens with zero attached hydrogens (tertiary/aromatic N) is 3. The zero-order valence-electron chi connectivity index (χ0n) is 16.5. The van der Waals surface area contributed by atoms with Gasteiger partial charge >= 0.3 is 0 Å². The molecule has 2 unspecified atom stereocenters. The normalized spacial score (nSPS) is 22.8. The molecule has 0 radical (unpaired) electrons. The van der Waals surface area contributed by atoms with Gasteiger partial charge in [0, 0.05) is 29.5 Å². The number of methoxy groups -OCH3 is 1. The van der Waals surface area contributed by atoms with E-state index in [1.165, 1.54) is 7.11 Å². The number of rotatable bonds is 4. The summed E-state index contributed by atoms with van der Waals surface area (Å²) in [6, 6.07) is 1.30. The van der Waals surface area contributed by atoms with Crippen LogP contribution in [0.1, 0.15) is 39.2 Å². The van der Waals surface area contributed by atoms with Crippen molar-refractivity contribution in [2.45, 2.75) is 39.8 Å². The molecule has 5 nitrogen and oxygen atoms in total. The Morgan fingerprint density at radius 1 is 1.21 bits per heavy atom. The lowest BCUT2D eigenvalue weighted by molar-refractivity contribution is 0.142. The van der Waals surface area contributed by atoms with Crippen molar-refractivity contribution in [2.75, 3.05) is 13.7 Å². The first-order valence-electron chi connectivity index (χ1n) is 9.17. The van der Waals surface area contributed by atoms with Crippen LogP contribution in [0.2, 0.25) is 0 Å². The van der Waals surface area contributed by atoms with E-state index in [-0.39, 0.29) is 28.8 Å². The van der Waals surface area contributed by atoms with Crippen LogP contribution < -0.4 is 5.43 Å². The Balaban J connectivity index is 1.99. The molecule has 1 aromatic rings. The zero-order valence-corrected chi connectivity index (χ0v) is 16.5. The number of hydrogen-bond donors (Lipinski definition) is 1. The van der Waals surface area contributed by atoms with Gasteiger partial charge < -0.3 is 9.64 Å². The summed E-state index contributed by atoms with van der Waals surface area (Å²) in [6.07, 6.45) is 1.64.